The van der Waals surface area contributed by atoms with Gasteiger partial charge < -0.3 is 19.9 Å². The van der Waals surface area contributed by atoms with Crippen LogP contribution in [0.4, 0.5) is 10.1 Å². The van der Waals surface area contributed by atoms with E-state index in [-0.39, 0.29) is 24.2 Å². The van der Waals surface area contributed by atoms with Gasteiger partial charge in [0.1, 0.15) is 17.6 Å². The first-order valence-corrected chi connectivity index (χ1v) is 11.7. The topological polar surface area (TPSA) is 61.9 Å². The number of hydrogen-bond donors (Lipinski definition) is 1. The zero-order valence-electron chi connectivity index (χ0n) is 17.6. The molecule has 166 valence electrons. The summed E-state index contributed by atoms with van der Waals surface area (Å²) in [6.07, 6.45) is 2.51. The molecule has 1 aliphatic heterocycles. The molecule has 0 aromatic heterocycles. The Hall–Kier alpha value is -2.74. The van der Waals surface area contributed by atoms with Gasteiger partial charge in [0.05, 0.1) is 5.69 Å². The number of benzene rings is 2. The maximum absolute atomic E-state index is 14.1. The Morgan fingerprint density at radius 1 is 1.06 bits per heavy atom. The highest BCUT2D eigenvalue weighted by Gasteiger charge is 2.29. The fourth-order valence-corrected chi connectivity index (χ4v) is 3.96. The van der Waals surface area contributed by atoms with Crippen LogP contribution in [0.25, 0.3) is 0 Å². The van der Waals surface area contributed by atoms with Gasteiger partial charge in [-0.15, -0.1) is 0 Å². The van der Waals surface area contributed by atoms with Gasteiger partial charge in [-0.25, -0.2) is 4.39 Å². The van der Waals surface area contributed by atoms with E-state index in [9.17, 15) is 14.0 Å². The number of carbonyl (C=O) groups is 2. The fraction of sp³-hybridized carbons (Fsp3) is 0.391. The van der Waals surface area contributed by atoms with Crippen LogP contribution in [-0.2, 0) is 9.59 Å². The molecule has 0 unspecified atom stereocenters. The number of piperazine rings is 1. The second-order valence-corrected chi connectivity index (χ2v) is 8.25. The van der Waals surface area contributed by atoms with Crippen LogP contribution in [0.2, 0.25) is 0 Å². The van der Waals surface area contributed by atoms with E-state index in [4.69, 9.17) is 4.74 Å². The molecule has 0 bridgehead atoms. The number of rotatable bonds is 9. The fourth-order valence-electron chi connectivity index (χ4n) is 3.49. The number of nitrogens with zero attached hydrogens (tertiary/aromatic N) is 2. The summed E-state index contributed by atoms with van der Waals surface area (Å²) in [6.45, 7) is 1.92. The number of anilines is 1. The molecule has 3 rings (SSSR count). The molecule has 6 nitrogen and oxygen atoms in total. The van der Waals surface area contributed by atoms with E-state index in [0.717, 1.165) is 5.75 Å². The predicted octanol–water partition coefficient (Wildman–Crippen LogP) is 2.79. The summed E-state index contributed by atoms with van der Waals surface area (Å²) < 4.78 is 19.5. The Morgan fingerprint density at radius 3 is 2.42 bits per heavy atom. The maximum Gasteiger partial charge on any atom is 0.258 e. The smallest absolute Gasteiger partial charge is 0.258 e. The molecule has 1 N–H and O–H groups in total. The van der Waals surface area contributed by atoms with E-state index in [2.05, 4.69) is 5.32 Å². The molecular weight excluding hydrogens is 417 g/mol. The average Bonchev–Trinajstić information content (AvgIpc) is 2.81. The van der Waals surface area contributed by atoms with Gasteiger partial charge in [0.2, 0.25) is 5.91 Å². The van der Waals surface area contributed by atoms with E-state index in [1.807, 2.05) is 29.4 Å². The first kappa shape index (κ1) is 22.9. The predicted molar refractivity (Wildman–Crippen MR) is 122 cm³/mol. The number of ether oxygens (including phenoxy) is 1. The van der Waals surface area contributed by atoms with E-state index >= 15 is 0 Å². The summed E-state index contributed by atoms with van der Waals surface area (Å²) >= 11 is 1.63. The van der Waals surface area contributed by atoms with E-state index < -0.39 is 6.04 Å². The van der Waals surface area contributed by atoms with Crippen molar-refractivity contribution in [1.29, 1.82) is 0 Å². The molecule has 1 aliphatic rings. The molecule has 2 aromatic carbocycles. The number of halogens is 1. The standard InChI is InChI=1S/C23H28FN3O3S/c1-31-16-11-20(25-22(28)17-30-18-7-3-2-4-8-18)23(29)27-14-12-26(13-15-27)21-10-6-5-9-19(21)24/h2-10,20H,11-17H2,1H3,(H,25,28)/t20-/m1/s1. The van der Waals surface area contributed by atoms with Crippen LogP contribution in [-0.4, -0.2) is 67.6 Å². The number of thioether (sulfide) groups is 1. The zero-order valence-corrected chi connectivity index (χ0v) is 18.4. The number of amides is 2. The molecule has 1 fully saturated rings. The molecule has 0 aliphatic carbocycles. The van der Waals surface area contributed by atoms with Crippen LogP contribution < -0.4 is 15.0 Å². The Bertz CT molecular complexity index is 860. The second kappa shape index (κ2) is 11.6. The van der Waals surface area contributed by atoms with Gasteiger partial charge in [-0.3, -0.25) is 9.59 Å². The normalized spacial score (nSPS) is 14.8. The van der Waals surface area contributed by atoms with Crippen molar-refractivity contribution in [3.63, 3.8) is 0 Å². The Balaban J connectivity index is 1.54. The molecule has 0 radical (unpaired) electrons. The van der Waals surface area contributed by atoms with Crippen LogP contribution in [0, 0.1) is 5.82 Å². The highest BCUT2D eigenvalue weighted by atomic mass is 32.2. The van der Waals surface area contributed by atoms with Crippen molar-refractivity contribution in [2.24, 2.45) is 0 Å². The van der Waals surface area contributed by atoms with Gasteiger partial charge in [0, 0.05) is 26.2 Å². The van der Waals surface area contributed by atoms with Gasteiger partial charge >= 0.3 is 0 Å². The van der Waals surface area contributed by atoms with E-state index in [1.165, 1.54) is 6.07 Å². The van der Waals surface area contributed by atoms with Crippen LogP contribution in [0.3, 0.4) is 0 Å². The molecule has 2 aromatic rings. The minimum atomic E-state index is -0.598. The number of para-hydroxylation sites is 2. The van der Waals surface area contributed by atoms with Gasteiger partial charge in [-0.05, 0) is 42.7 Å². The Labute approximate surface area is 186 Å². The third-order valence-electron chi connectivity index (χ3n) is 5.14. The van der Waals surface area contributed by atoms with Gasteiger partial charge in [-0.2, -0.15) is 11.8 Å². The van der Waals surface area contributed by atoms with Crippen LogP contribution in [0.5, 0.6) is 5.75 Å². The Morgan fingerprint density at radius 2 is 1.74 bits per heavy atom. The lowest BCUT2D eigenvalue weighted by Crippen LogP contribution is -2.55. The first-order valence-electron chi connectivity index (χ1n) is 10.3. The van der Waals surface area contributed by atoms with Crippen LogP contribution in [0.1, 0.15) is 6.42 Å². The molecule has 0 spiro atoms. The minimum absolute atomic E-state index is 0.102. The minimum Gasteiger partial charge on any atom is -0.484 e. The Kier molecular flexibility index (Phi) is 8.58. The summed E-state index contributed by atoms with van der Waals surface area (Å²) in [5.41, 5.74) is 0.555. The number of nitrogens with one attached hydrogen (secondary N) is 1. The first-order chi connectivity index (χ1) is 15.1. The molecule has 31 heavy (non-hydrogen) atoms. The third kappa shape index (κ3) is 6.62. The van der Waals surface area contributed by atoms with Crippen molar-refractivity contribution in [2.45, 2.75) is 12.5 Å². The lowest BCUT2D eigenvalue weighted by atomic mass is 10.1. The summed E-state index contributed by atoms with van der Waals surface area (Å²) in [4.78, 5) is 29.2. The number of carbonyl (C=O) groups excluding carboxylic acids is 2. The van der Waals surface area contributed by atoms with Gasteiger partial charge in [0.25, 0.3) is 5.91 Å². The molecule has 8 heteroatoms. The quantitative estimate of drug-likeness (QED) is 0.643. The molecule has 0 saturated carbocycles. The monoisotopic (exact) mass is 445 g/mol. The second-order valence-electron chi connectivity index (χ2n) is 7.27. The van der Waals surface area contributed by atoms with E-state index in [1.54, 1.807) is 47.0 Å². The van der Waals surface area contributed by atoms with Crippen molar-refractivity contribution < 1.29 is 18.7 Å². The third-order valence-corrected chi connectivity index (χ3v) is 5.79. The largest absolute Gasteiger partial charge is 0.484 e. The van der Waals surface area contributed by atoms with Crippen molar-refractivity contribution in [3.8, 4) is 5.75 Å². The molecule has 1 atom stereocenters. The van der Waals surface area contributed by atoms with Crippen molar-refractivity contribution in [3.05, 3.63) is 60.4 Å². The lowest BCUT2D eigenvalue weighted by molar-refractivity contribution is -0.137. The van der Waals surface area contributed by atoms with Gasteiger partial charge in [-0.1, -0.05) is 30.3 Å². The molecule has 1 saturated heterocycles. The zero-order chi connectivity index (χ0) is 22.1. The van der Waals surface area contributed by atoms with Crippen molar-refractivity contribution in [1.82, 2.24) is 10.2 Å². The molecule has 1 heterocycles. The van der Waals surface area contributed by atoms with Crippen molar-refractivity contribution >= 4 is 29.3 Å². The maximum atomic E-state index is 14.1. The van der Waals surface area contributed by atoms with Gasteiger partial charge in [0.15, 0.2) is 6.61 Å². The summed E-state index contributed by atoms with van der Waals surface area (Å²) in [7, 11) is 0. The van der Waals surface area contributed by atoms with E-state index in [0.29, 0.717) is 44.0 Å². The summed E-state index contributed by atoms with van der Waals surface area (Å²) in [6, 6.07) is 15.2. The van der Waals surface area contributed by atoms with Crippen LogP contribution >= 0.6 is 11.8 Å². The highest BCUT2D eigenvalue weighted by molar-refractivity contribution is 7.98. The molecular formula is C23H28FN3O3S. The average molecular weight is 446 g/mol. The summed E-state index contributed by atoms with van der Waals surface area (Å²) in [5.74, 6) is 0.675. The SMILES string of the molecule is CSCC[C@@H](NC(=O)COc1ccccc1)C(=O)N1CCN(c2ccccc2F)CC1. The highest BCUT2D eigenvalue weighted by Crippen LogP contribution is 2.20. The summed E-state index contributed by atoms with van der Waals surface area (Å²) in [5, 5.41) is 2.83. The van der Waals surface area contributed by atoms with Crippen LogP contribution in [0.15, 0.2) is 54.6 Å². The molecule has 2 amide bonds. The number of hydrogen-bond acceptors (Lipinski definition) is 5. The lowest BCUT2D eigenvalue weighted by Gasteiger charge is -2.37. The van der Waals surface area contributed by atoms with Crippen molar-refractivity contribution in [2.75, 3.05) is 49.7 Å².